The lowest BCUT2D eigenvalue weighted by molar-refractivity contribution is -0.258. The van der Waals surface area contributed by atoms with Crippen LogP contribution in [0.5, 0.6) is 0 Å². The van der Waals surface area contributed by atoms with Gasteiger partial charge in [-0.3, -0.25) is 4.79 Å². The molecule has 0 radical (unpaired) electrons. The third-order valence-electron chi connectivity index (χ3n) is 13.3. The Kier molecular flexibility index (Phi) is 9.42. The summed E-state index contributed by atoms with van der Waals surface area (Å²) in [5.74, 6) is 3.81. The van der Waals surface area contributed by atoms with E-state index in [1.807, 2.05) is 0 Å². The average molecular weight is 575 g/mol. The van der Waals surface area contributed by atoms with Crippen LogP contribution in [0.15, 0.2) is 0 Å². The van der Waals surface area contributed by atoms with Gasteiger partial charge in [0.15, 0.2) is 12.6 Å². The predicted octanol–water partition coefficient (Wildman–Crippen LogP) is 7.67. The van der Waals surface area contributed by atoms with Crippen LogP contribution in [-0.2, 0) is 28.5 Å². The summed E-state index contributed by atoms with van der Waals surface area (Å²) in [6.07, 6.45) is 18.9. The van der Waals surface area contributed by atoms with Gasteiger partial charge >= 0.3 is 5.97 Å². The maximum atomic E-state index is 12.0. The van der Waals surface area contributed by atoms with Crippen molar-refractivity contribution in [1.82, 2.24) is 0 Å². The minimum Gasteiger partial charge on any atom is -0.469 e. The topological polar surface area (TPSA) is 63.2 Å². The number of carbonyl (C=O) groups excluding carboxylic acids is 1. The van der Waals surface area contributed by atoms with Crippen LogP contribution in [0.25, 0.3) is 0 Å². The highest BCUT2D eigenvalue weighted by Gasteiger charge is 2.63. The zero-order chi connectivity index (χ0) is 28.6. The molecule has 6 aliphatic rings. The number of hydrogen-bond acceptors (Lipinski definition) is 6. The molecule has 41 heavy (non-hydrogen) atoms. The Hall–Kier alpha value is -0.690. The highest BCUT2D eigenvalue weighted by atomic mass is 16.7. The Bertz CT molecular complexity index is 882. The van der Waals surface area contributed by atoms with Gasteiger partial charge in [-0.2, -0.15) is 0 Å². The van der Waals surface area contributed by atoms with E-state index in [1.54, 1.807) is 0 Å². The first kappa shape index (κ1) is 30.3. The Labute approximate surface area is 249 Å². The van der Waals surface area contributed by atoms with Gasteiger partial charge in [-0.15, -0.1) is 0 Å². The van der Waals surface area contributed by atoms with Gasteiger partial charge in [0.25, 0.3) is 0 Å². The fraction of sp³-hybridized carbons (Fsp3) is 0.971. The lowest BCUT2D eigenvalue weighted by atomic mass is 9.43. The van der Waals surface area contributed by atoms with Gasteiger partial charge in [-0.1, -0.05) is 20.8 Å². The maximum absolute atomic E-state index is 12.0. The summed E-state index contributed by atoms with van der Waals surface area (Å²) in [7, 11) is 1.51. The van der Waals surface area contributed by atoms with Crippen LogP contribution in [0.4, 0.5) is 0 Å². The van der Waals surface area contributed by atoms with Crippen molar-refractivity contribution in [3.05, 3.63) is 0 Å². The van der Waals surface area contributed by atoms with Crippen LogP contribution in [0, 0.1) is 46.3 Å². The van der Waals surface area contributed by atoms with Gasteiger partial charge in [-0.05, 0) is 143 Å². The first-order valence-corrected chi connectivity index (χ1v) is 17.4. The average Bonchev–Trinajstić information content (AvgIpc) is 3.34. The number of rotatable bonds is 8. The van der Waals surface area contributed by atoms with E-state index in [0.717, 1.165) is 51.7 Å². The molecule has 0 aromatic rings. The van der Waals surface area contributed by atoms with E-state index in [4.69, 9.17) is 23.7 Å². The molecule has 0 N–H and O–H groups in total. The minimum atomic E-state index is -0.0675. The van der Waals surface area contributed by atoms with Crippen LogP contribution in [0.3, 0.4) is 0 Å². The van der Waals surface area contributed by atoms with Crippen molar-refractivity contribution in [3.8, 4) is 0 Å². The summed E-state index contributed by atoms with van der Waals surface area (Å²) in [4.78, 5) is 12.0. The molecule has 6 heteroatoms. The normalized spacial score (nSPS) is 47.1. The molecule has 0 aromatic heterocycles. The number of methoxy groups -OCH3 is 1. The maximum Gasteiger partial charge on any atom is 0.305 e. The van der Waals surface area contributed by atoms with Gasteiger partial charge in [-0.25, -0.2) is 0 Å². The van der Waals surface area contributed by atoms with Crippen molar-refractivity contribution in [2.24, 2.45) is 46.3 Å². The van der Waals surface area contributed by atoms with Crippen molar-refractivity contribution in [1.29, 1.82) is 0 Å². The zero-order valence-electron chi connectivity index (χ0n) is 26.5. The molecule has 2 aliphatic heterocycles. The molecule has 12 atom stereocenters. The zero-order valence-corrected chi connectivity index (χ0v) is 26.5. The van der Waals surface area contributed by atoms with E-state index < -0.39 is 0 Å². The van der Waals surface area contributed by atoms with Crippen LogP contribution >= 0.6 is 0 Å². The third kappa shape index (κ3) is 6.02. The number of fused-ring (bicyclic) bond motifs is 5. The molecule has 0 aromatic carbocycles. The molecule has 2 saturated heterocycles. The van der Waals surface area contributed by atoms with E-state index in [0.29, 0.717) is 58.9 Å². The molecule has 2 heterocycles. The Morgan fingerprint density at radius 2 is 1.51 bits per heavy atom. The summed E-state index contributed by atoms with van der Waals surface area (Å²) in [5, 5.41) is 0. The predicted molar refractivity (Wildman–Crippen MR) is 158 cm³/mol. The number of carbonyl (C=O) groups is 1. The molecule has 0 amide bonds. The van der Waals surface area contributed by atoms with Crippen molar-refractivity contribution < 1.29 is 28.5 Å². The number of ether oxygens (including phenoxy) is 5. The van der Waals surface area contributed by atoms with Crippen molar-refractivity contribution >= 4 is 5.97 Å². The third-order valence-corrected chi connectivity index (χ3v) is 13.3. The molecule has 4 saturated carbocycles. The Morgan fingerprint density at radius 3 is 2.20 bits per heavy atom. The highest BCUT2D eigenvalue weighted by molar-refractivity contribution is 5.69. The second-order valence-electron chi connectivity index (χ2n) is 15.3. The van der Waals surface area contributed by atoms with E-state index in [9.17, 15) is 4.79 Å². The molecule has 0 bridgehead atoms. The summed E-state index contributed by atoms with van der Waals surface area (Å²) in [5.41, 5.74) is 0.689. The monoisotopic (exact) mass is 574 g/mol. The standard InChI is InChI=1S/C35H58O6/c1-23(11-14-30(36)37-4)26-12-13-27-33-28(16-18-35(26,27)3)34(2)17-15-25(40-31-9-5-7-19-38-31)21-24(34)22-29(33)41-32-10-6-8-20-39-32/h23-29,31-33H,5-22H2,1-4H3/t23-,24?,25-,26?,27?,28?,29-,31?,32?,33?,34+,35-/m1/s1. The van der Waals surface area contributed by atoms with Crippen molar-refractivity contribution in [3.63, 3.8) is 0 Å². The van der Waals surface area contributed by atoms with Crippen molar-refractivity contribution in [2.75, 3.05) is 20.3 Å². The Balaban J connectivity index is 1.21. The number of esters is 1. The minimum absolute atomic E-state index is 0.00381. The van der Waals surface area contributed by atoms with Crippen LogP contribution < -0.4 is 0 Å². The largest absolute Gasteiger partial charge is 0.469 e. The lowest BCUT2D eigenvalue weighted by Crippen LogP contribution is -2.60. The second kappa shape index (κ2) is 12.7. The van der Waals surface area contributed by atoms with Crippen LogP contribution in [0.2, 0.25) is 0 Å². The molecular weight excluding hydrogens is 516 g/mol. The molecule has 6 fully saturated rings. The van der Waals surface area contributed by atoms with E-state index in [2.05, 4.69) is 20.8 Å². The molecule has 6 nitrogen and oxygen atoms in total. The van der Waals surface area contributed by atoms with Crippen molar-refractivity contribution in [2.45, 2.75) is 148 Å². The molecule has 0 spiro atoms. The molecular formula is C35H58O6. The number of hydrogen-bond donors (Lipinski definition) is 0. The summed E-state index contributed by atoms with van der Waals surface area (Å²) < 4.78 is 30.8. The fourth-order valence-corrected chi connectivity index (χ4v) is 11.1. The van der Waals surface area contributed by atoms with Crippen LogP contribution in [-0.4, -0.2) is 51.1 Å². The molecule has 7 unspecified atom stereocenters. The smallest absolute Gasteiger partial charge is 0.305 e. The van der Waals surface area contributed by atoms with E-state index in [-0.39, 0.29) is 24.7 Å². The fourth-order valence-electron chi connectivity index (χ4n) is 11.1. The molecule has 234 valence electrons. The first-order chi connectivity index (χ1) is 19.8. The highest BCUT2D eigenvalue weighted by Crippen LogP contribution is 2.69. The lowest BCUT2D eigenvalue weighted by Gasteiger charge is -2.63. The SMILES string of the molecule is COC(=O)CC[C@@H](C)C1CCC2C3C(CC[C@@]21C)[C@@]1(C)CC[C@@H](OC2CCCCO2)CC1C[C@H]3OC1CCCCO1. The summed E-state index contributed by atoms with van der Waals surface area (Å²) in [6.45, 7) is 9.33. The first-order valence-electron chi connectivity index (χ1n) is 17.4. The van der Waals surface area contributed by atoms with Crippen LogP contribution in [0.1, 0.15) is 124 Å². The quantitative estimate of drug-likeness (QED) is 0.219. The summed E-state index contributed by atoms with van der Waals surface area (Å²) in [6, 6.07) is 0. The van der Waals surface area contributed by atoms with E-state index >= 15 is 0 Å². The van der Waals surface area contributed by atoms with Gasteiger partial charge in [0, 0.05) is 19.6 Å². The van der Waals surface area contributed by atoms with Gasteiger partial charge in [0.1, 0.15) is 0 Å². The second-order valence-corrected chi connectivity index (χ2v) is 15.3. The van der Waals surface area contributed by atoms with Gasteiger partial charge in [0.05, 0.1) is 19.3 Å². The Morgan fingerprint density at radius 1 is 0.829 bits per heavy atom. The molecule has 4 aliphatic carbocycles. The molecule has 6 rings (SSSR count). The van der Waals surface area contributed by atoms with Gasteiger partial charge in [0.2, 0.25) is 0 Å². The van der Waals surface area contributed by atoms with Gasteiger partial charge < -0.3 is 23.7 Å². The van der Waals surface area contributed by atoms with E-state index in [1.165, 1.54) is 64.9 Å². The summed E-state index contributed by atoms with van der Waals surface area (Å²) >= 11 is 0.